The van der Waals surface area contributed by atoms with Crippen molar-refractivity contribution in [1.82, 2.24) is 0 Å². The van der Waals surface area contributed by atoms with Crippen LogP contribution in [0.25, 0.3) is 0 Å². The monoisotopic (exact) mass is 572 g/mol. The van der Waals surface area contributed by atoms with Gasteiger partial charge in [0, 0.05) is 24.3 Å². The highest BCUT2D eigenvalue weighted by Crippen LogP contribution is 2.33. The van der Waals surface area contributed by atoms with E-state index in [0.717, 1.165) is 23.3 Å². The molecule has 220 valence electrons. The van der Waals surface area contributed by atoms with Crippen molar-refractivity contribution < 1.29 is 33.4 Å². The molecule has 0 unspecified atom stereocenters. The number of aryl methyl sites for hydroxylation is 1. The number of esters is 2. The second kappa shape index (κ2) is 13.8. The van der Waals surface area contributed by atoms with Crippen LogP contribution >= 0.6 is 0 Å². The van der Waals surface area contributed by atoms with E-state index in [1.165, 1.54) is 4.90 Å². The van der Waals surface area contributed by atoms with Crippen LogP contribution in [0.5, 0.6) is 11.5 Å². The summed E-state index contributed by atoms with van der Waals surface area (Å²) < 4.78 is 16.4. The first kappa shape index (κ1) is 30.3. The lowest BCUT2D eigenvalue weighted by Crippen LogP contribution is -2.28. The third-order valence-electron chi connectivity index (χ3n) is 6.81. The zero-order valence-electron chi connectivity index (χ0n) is 24.3. The number of benzene rings is 3. The van der Waals surface area contributed by atoms with Crippen molar-refractivity contribution in [3.8, 4) is 11.5 Å². The Kier molecular flexibility index (Phi) is 9.96. The fourth-order valence-electron chi connectivity index (χ4n) is 4.56. The topological polar surface area (TPSA) is 111 Å². The summed E-state index contributed by atoms with van der Waals surface area (Å²) in [6.45, 7) is 8.15. The predicted molar refractivity (Wildman–Crippen MR) is 159 cm³/mol. The summed E-state index contributed by atoms with van der Waals surface area (Å²) in [6.07, 6.45) is 0.720. The number of nitrogens with one attached hydrogen (secondary N) is 1. The van der Waals surface area contributed by atoms with Gasteiger partial charge in [0.15, 0.2) is 6.61 Å². The number of hydrogen-bond acceptors (Lipinski definition) is 7. The lowest BCUT2D eigenvalue weighted by atomic mass is 10.0. The van der Waals surface area contributed by atoms with Crippen LogP contribution in [0.3, 0.4) is 0 Å². The second-order valence-corrected chi connectivity index (χ2v) is 10.6. The fourth-order valence-corrected chi connectivity index (χ4v) is 4.56. The largest absolute Gasteiger partial charge is 0.462 e. The molecule has 4 rings (SSSR count). The molecule has 0 saturated carbocycles. The third-order valence-corrected chi connectivity index (χ3v) is 6.81. The Morgan fingerprint density at radius 2 is 1.69 bits per heavy atom. The molecule has 0 bridgehead atoms. The second-order valence-electron chi connectivity index (χ2n) is 10.6. The van der Waals surface area contributed by atoms with Gasteiger partial charge in [-0.05, 0) is 85.0 Å². The minimum Gasteiger partial charge on any atom is -0.462 e. The quantitative estimate of drug-likeness (QED) is 0.280. The number of hydrogen-bond donors (Lipinski definition) is 1. The number of amides is 2. The summed E-state index contributed by atoms with van der Waals surface area (Å²) in [5, 5.41) is 2.62. The van der Waals surface area contributed by atoms with E-state index in [-0.39, 0.29) is 18.9 Å². The normalized spacial score (nSPS) is 14.5. The summed E-state index contributed by atoms with van der Waals surface area (Å²) in [5.41, 5.74) is 3.68. The van der Waals surface area contributed by atoms with E-state index in [1.54, 1.807) is 48.5 Å². The molecule has 0 aliphatic carbocycles. The van der Waals surface area contributed by atoms with Crippen LogP contribution in [0.4, 0.5) is 11.4 Å². The van der Waals surface area contributed by atoms with Crippen LogP contribution < -0.4 is 15.0 Å². The van der Waals surface area contributed by atoms with E-state index in [0.29, 0.717) is 35.2 Å². The Morgan fingerprint density at radius 3 is 2.36 bits per heavy atom. The number of nitrogens with zero attached hydrogens (tertiary/aromatic N) is 1. The van der Waals surface area contributed by atoms with E-state index in [2.05, 4.69) is 31.3 Å². The minimum atomic E-state index is -0.685. The molecule has 1 aliphatic rings. The zero-order valence-corrected chi connectivity index (χ0v) is 24.3. The van der Waals surface area contributed by atoms with Crippen molar-refractivity contribution in [2.75, 3.05) is 30.0 Å². The van der Waals surface area contributed by atoms with Crippen LogP contribution in [0.1, 0.15) is 61.0 Å². The molecule has 0 radical (unpaired) electrons. The summed E-state index contributed by atoms with van der Waals surface area (Å²) in [5.74, 6) is -0.721. The Balaban J connectivity index is 1.27. The van der Waals surface area contributed by atoms with Crippen LogP contribution in [0, 0.1) is 12.8 Å². The van der Waals surface area contributed by atoms with Gasteiger partial charge in [-0.2, -0.15) is 0 Å². The first-order valence-corrected chi connectivity index (χ1v) is 14.1. The molecule has 1 heterocycles. The van der Waals surface area contributed by atoms with Crippen molar-refractivity contribution in [3.63, 3.8) is 0 Å². The number of rotatable bonds is 11. The first-order valence-electron chi connectivity index (χ1n) is 14.1. The maximum Gasteiger partial charge on any atom is 0.338 e. The van der Waals surface area contributed by atoms with E-state index in [1.807, 2.05) is 19.9 Å². The summed E-state index contributed by atoms with van der Waals surface area (Å²) >= 11 is 0. The van der Waals surface area contributed by atoms with Crippen LogP contribution in [0.2, 0.25) is 0 Å². The number of carbonyl (C=O) groups is 4. The molecule has 0 aromatic heterocycles. The lowest BCUT2D eigenvalue weighted by molar-refractivity contribution is -0.151. The molecule has 9 nitrogen and oxygen atoms in total. The maximum atomic E-state index is 12.7. The number of anilines is 2. The molecule has 3 aromatic rings. The third kappa shape index (κ3) is 7.75. The summed E-state index contributed by atoms with van der Waals surface area (Å²) in [6, 6.07) is 19.5. The molecule has 1 aliphatic heterocycles. The van der Waals surface area contributed by atoms with Gasteiger partial charge in [-0.15, -0.1) is 0 Å². The molecule has 0 spiro atoms. The first-order chi connectivity index (χ1) is 20.1. The van der Waals surface area contributed by atoms with Gasteiger partial charge < -0.3 is 24.4 Å². The van der Waals surface area contributed by atoms with Gasteiger partial charge in [-0.1, -0.05) is 32.9 Å². The number of carbonyl (C=O) groups excluding carboxylic acids is 4. The van der Waals surface area contributed by atoms with Crippen LogP contribution in [0.15, 0.2) is 66.7 Å². The molecule has 2 amide bonds. The molecular weight excluding hydrogens is 536 g/mol. The highest BCUT2D eigenvalue weighted by Gasteiger charge is 2.36. The summed E-state index contributed by atoms with van der Waals surface area (Å²) in [7, 11) is 0. The Labute approximate surface area is 245 Å². The molecule has 1 saturated heterocycles. The molecular formula is C33H36N2O7. The maximum absolute atomic E-state index is 12.7. The van der Waals surface area contributed by atoms with E-state index in [4.69, 9.17) is 14.2 Å². The van der Waals surface area contributed by atoms with Crippen molar-refractivity contribution in [3.05, 3.63) is 83.4 Å². The number of ether oxygens (including phenoxy) is 3. The average molecular weight is 573 g/mol. The Bertz CT molecular complexity index is 1430. The Morgan fingerprint density at radius 1 is 0.976 bits per heavy atom. The fraction of sp³-hybridized carbons (Fsp3) is 0.333. The molecule has 1 atom stereocenters. The van der Waals surface area contributed by atoms with Crippen LogP contribution in [-0.2, 0) is 23.9 Å². The molecule has 1 fully saturated rings. The summed E-state index contributed by atoms with van der Waals surface area (Å²) in [4.78, 5) is 51.1. The van der Waals surface area contributed by atoms with E-state index >= 15 is 0 Å². The van der Waals surface area contributed by atoms with Crippen molar-refractivity contribution in [2.24, 2.45) is 5.92 Å². The lowest BCUT2D eigenvalue weighted by Gasteiger charge is -2.18. The van der Waals surface area contributed by atoms with Gasteiger partial charge in [-0.3, -0.25) is 14.4 Å². The molecule has 9 heteroatoms. The van der Waals surface area contributed by atoms with Gasteiger partial charge in [0.05, 0.1) is 18.1 Å². The van der Waals surface area contributed by atoms with Gasteiger partial charge >= 0.3 is 11.9 Å². The van der Waals surface area contributed by atoms with E-state index < -0.39 is 30.4 Å². The minimum absolute atomic E-state index is 0.00463. The van der Waals surface area contributed by atoms with Gasteiger partial charge in [-0.25, -0.2) is 4.79 Å². The SMILES string of the molecule is CCCOC(=O)c1ccc(NC(=O)COC(=O)[C@@H]2CC(=O)N(c3ccc(Oc4cc(C)ccc4C(C)C)cc3)C2)cc1. The standard InChI is InChI=1S/C33H36N2O7/c1-5-16-40-32(38)23-7-9-25(10-8-23)34-30(36)20-41-33(39)24-18-31(37)35(19-24)26-11-13-27(14-12-26)42-29-17-22(4)6-15-28(29)21(2)3/h6-15,17,21,24H,5,16,18-20H2,1-4H3,(H,34,36)/t24-/m1/s1. The highest BCUT2D eigenvalue weighted by molar-refractivity contribution is 6.00. The zero-order chi connectivity index (χ0) is 30.2. The average Bonchev–Trinajstić information content (AvgIpc) is 3.36. The van der Waals surface area contributed by atoms with Gasteiger partial charge in [0.25, 0.3) is 5.91 Å². The smallest absolute Gasteiger partial charge is 0.338 e. The predicted octanol–water partition coefficient (Wildman–Crippen LogP) is 6.01. The molecule has 1 N–H and O–H groups in total. The van der Waals surface area contributed by atoms with E-state index in [9.17, 15) is 19.2 Å². The van der Waals surface area contributed by atoms with Gasteiger partial charge in [0.1, 0.15) is 11.5 Å². The van der Waals surface area contributed by atoms with Crippen molar-refractivity contribution in [1.29, 1.82) is 0 Å². The van der Waals surface area contributed by atoms with Crippen molar-refractivity contribution >= 4 is 35.1 Å². The van der Waals surface area contributed by atoms with Crippen LogP contribution in [-0.4, -0.2) is 43.5 Å². The highest BCUT2D eigenvalue weighted by atomic mass is 16.5. The van der Waals surface area contributed by atoms with Crippen molar-refractivity contribution in [2.45, 2.75) is 46.5 Å². The Hall–Kier alpha value is -4.66. The molecule has 3 aromatic carbocycles. The molecule has 42 heavy (non-hydrogen) atoms. The van der Waals surface area contributed by atoms with Gasteiger partial charge in [0.2, 0.25) is 5.91 Å².